The SMILES string of the molecule is CCCCCC1CCC(C2(C3(CCC)CCCCC3)C=CC(c3ccccc3)C=C2)CC1. The quantitative estimate of drug-likeness (QED) is 0.269. The van der Waals surface area contributed by atoms with Gasteiger partial charge in [0.25, 0.3) is 0 Å². The molecule has 0 unspecified atom stereocenters. The van der Waals surface area contributed by atoms with E-state index in [1.54, 1.807) is 0 Å². The molecule has 2 saturated carbocycles. The minimum absolute atomic E-state index is 0.295. The summed E-state index contributed by atoms with van der Waals surface area (Å²) in [5, 5.41) is 0. The summed E-state index contributed by atoms with van der Waals surface area (Å²) >= 11 is 0. The largest absolute Gasteiger partial charge is 0.0768 e. The summed E-state index contributed by atoms with van der Waals surface area (Å²) in [5.41, 5.74) is 2.23. The highest BCUT2D eigenvalue weighted by Crippen LogP contribution is 2.62. The van der Waals surface area contributed by atoms with Crippen molar-refractivity contribution in [3.05, 3.63) is 60.2 Å². The van der Waals surface area contributed by atoms with Crippen LogP contribution in [0.5, 0.6) is 0 Å². The van der Waals surface area contributed by atoms with Crippen molar-refractivity contribution in [3.63, 3.8) is 0 Å². The van der Waals surface area contributed by atoms with Crippen LogP contribution in [0.2, 0.25) is 0 Å². The van der Waals surface area contributed by atoms with Gasteiger partial charge in [0.15, 0.2) is 0 Å². The normalized spacial score (nSPS) is 32.1. The molecule has 0 heterocycles. The zero-order valence-electron chi connectivity index (χ0n) is 21.0. The lowest BCUT2D eigenvalue weighted by atomic mass is 9.47. The molecule has 0 spiro atoms. The zero-order valence-corrected chi connectivity index (χ0v) is 21.0. The lowest BCUT2D eigenvalue weighted by molar-refractivity contribution is -0.00534. The number of allylic oxidation sites excluding steroid dienone is 4. The van der Waals surface area contributed by atoms with Crippen LogP contribution in [-0.4, -0.2) is 0 Å². The molecule has 3 aliphatic rings. The maximum atomic E-state index is 2.76. The number of hydrogen-bond donors (Lipinski definition) is 0. The van der Waals surface area contributed by atoms with Crippen molar-refractivity contribution in [3.8, 4) is 0 Å². The molecule has 3 aliphatic carbocycles. The average molecular weight is 433 g/mol. The van der Waals surface area contributed by atoms with Crippen LogP contribution < -0.4 is 0 Å². The Morgan fingerprint density at radius 2 is 1.47 bits per heavy atom. The number of rotatable bonds is 9. The first kappa shape index (κ1) is 23.8. The molecule has 32 heavy (non-hydrogen) atoms. The van der Waals surface area contributed by atoms with Gasteiger partial charge in [-0.25, -0.2) is 0 Å². The van der Waals surface area contributed by atoms with Crippen LogP contribution in [0.4, 0.5) is 0 Å². The van der Waals surface area contributed by atoms with E-state index in [9.17, 15) is 0 Å². The van der Waals surface area contributed by atoms with Crippen molar-refractivity contribution in [1.29, 1.82) is 0 Å². The maximum absolute atomic E-state index is 2.76. The first-order valence-electron chi connectivity index (χ1n) is 14.2. The Labute approximate surface area is 199 Å². The molecule has 0 atom stereocenters. The monoisotopic (exact) mass is 432 g/mol. The van der Waals surface area contributed by atoms with Gasteiger partial charge in [0.2, 0.25) is 0 Å². The van der Waals surface area contributed by atoms with Gasteiger partial charge in [0.05, 0.1) is 0 Å². The van der Waals surface area contributed by atoms with Crippen molar-refractivity contribution in [2.45, 2.75) is 116 Å². The lowest BCUT2D eigenvalue weighted by Gasteiger charge is -2.56. The topological polar surface area (TPSA) is 0 Å². The molecule has 1 aromatic rings. The zero-order chi connectivity index (χ0) is 22.3. The average Bonchev–Trinajstić information content (AvgIpc) is 2.86. The predicted molar refractivity (Wildman–Crippen MR) is 140 cm³/mol. The van der Waals surface area contributed by atoms with Crippen LogP contribution in [0.3, 0.4) is 0 Å². The van der Waals surface area contributed by atoms with E-state index < -0.39 is 0 Å². The van der Waals surface area contributed by atoms with Gasteiger partial charge in [0.1, 0.15) is 0 Å². The van der Waals surface area contributed by atoms with E-state index in [1.165, 1.54) is 102 Å². The fourth-order valence-corrected chi connectivity index (χ4v) is 7.82. The summed E-state index contributed by atoms with van der Waals surface area (Å²) in [6, 6.07) is 11.1. The van der Waals surface area contributed by atoms with E-state index in [0.29, 0.717) is 16.7 Å². The minimum atomic E-state index is 0.295. The van der Waals surface area contributed by atoms with Crippen LogP contribution in [-0.2, 0) is 0 Å². The van der Waals surface area contributed by atoms with E-state index in [0.717, 1.165) is 11.8 Å². The highest BCUT2D eigenvalue weighted by molar-refractivity contribution is 5.36. The molecule has 0 heteroatoms. The summed E-state index contributed by atoms with van der Waals surface area (Å²) in [5.74, 6) is 2.30. The fraction of sp³-hybridized carbons (Fsp3) is 0.688. The molecule has 0 N–H and O–H groups in total. The first-order chi connectivity index (χ1) is 15.7. The summed E-state index contributed by atoms with van der Waals surface area (Å²) in [4.78, 5) is 0. The predicted octanol–water partition coefficient (Wildman–Crippen LogP) is 10.0. The van der Waals surface area contributed by atoms with Gasteiger partial charge < -0.3 is 0 Å². The van der Waals surface area contributed by atoms with Crippen LogP contribution in [0.25, 0.3) is 0 Å². The van der Waals surface area contributed by atoms with Crippen LogP contribution in [0.1, 0.15) is 122 Å². The number of hydrogen-bond acceptors (Lipinski definition) is 0. The molecular weight excluding hydrogens is 384 g/mol. The smallest absolute Gasteiger partial charge is 0.0199 e. The van der Waals surface area contributed by atoms with Crippen molar-refractivity contribution in [2.24, 2.45) is 22.7 Å². The second-order valence-electron chi connectivity index (χ2n) is 11.4. The molecule has 0 radical (unpaired) electrons. The molecule has 0 saturated heterocycles. The number of unbranched alkanes of at least 4 members (excludes halogenated alkanes) is 2. The molecule has 0 bridgehead atoms. The van der Waals surface area contributed by atoms with Gasteiger partial charge in [-0.1, -0.05) is 133 Å². The Hall–Kier alpha value is -1.30. The third-order valence-electron chi connectivity index (χ3n) is 9.54. The molecule has 1 aromatic carbocycles. The Balaban J connectivity index is 1.58. The summed E-state index contributed by atoms with van der Waals surface area (Å²) < 4.78 is 0. The molecular formula is C32H48. The standard InChI is InChI=1S/C32H48/c1-3-5-8-13-27-16-18-30(19-17-27)32(31(22-4-2)23-11-7-12-24-31)25-20-29(21-26-32)28-14-9-6-10-15-28/h6,9-10,14-15,20-21,25-27,29-30H,3-5,7-8,11-13,16-19,22-24H2,1-2H3. The van der Waals surface area contributed by atoms with Gasteiger partial charge in [-0.05, 0) is 54.9 Å². The van der Waals surface area contributed by atoms with Crippen LogP contribution >= 0.6 is 0 Å². The van der Waals surface area contributed by atoms with Gasteiger partial charge in [-0.15, -0.1) is 0 Å². The Kier molecular flexibility index (Phi) is 8.36. The number of benzene rings is 1. The van der Waals surface area contributed by atoms with Crippen molar-refractivity contribution >= 4 is 0 Å². The minimum Gasteiger partial charge on any atom is -0.0768 e. The van der Waals surface area contributed by atoms with Gasteiger partial charge in [0, 0.05) is 11.3 Å². The van der Waals surface area contributed by atoms with Crippen molar-refractivity contribution in [1.82, 2.24) is 0 Å². The fourth-order valence-electron chi connectivity index (χ4n) is 7.82. The van der Waals surface area contributed by atoms with Gasteiger partial charge in [-0.2, -0.15) is 0 Å². The summed E-state index contributed by atoms with van der Waals surface area (Å²) in [6.07, 6.45) is 32.2. The highest BCUT2D eigenvalue weighted by Gasteiger charge is 2.52. The molecule has 4 rings (SSSR count). The maximum Gasteiger partial charge on any atom is 0.0199 e. The highest BCUT2D eigenvalue weighted by atomic mass is 14.6. The third-order valence-corrected chi connectivity index (χ3v) is 9.54. The van der Waals surface area contributed by atoms with Crippen LogP contribution in [0, 0.1) is 22.7 Å². The van der Waals surface area contributed by atoms with Crippen molar-refractivity contribution < 1.29 is 0 Å². The van der Waals surface area contributed by atoms with Gasteiger partial charge >= 0.3 is 0 Å². The molecule has 2 fully saturated rings. The van der Waals surface area contributed by atoms with Crippen LogP contribution in [0.15, 0.2) is 54.6 Å². The first-order valence-corrected chi connectivity index (χ1v) is 14.2. The van der Waals surface area contributed by atoms with Crippen molar-refractivity contribution in [2.75, 3.05) is 0 Å². The summed E-state index contributed by atoms with van der Waals surface area (Å²) in [7, 11) is 0. The second-order valence-corrected chi connectivity index (χ2v) is 11.4. The Bertz CT molecular complexity index is 705. The lowest BCUT2D eigenvalue weighted by Crippen LogP contribution is -2.48. The van der Waals surface area contributed by atoms with E-state index in [4.69, 9.17) is 0 Å². The van der Waals surface area contributed by atoms with E-state index in [2.05, 4.69) is 68.5 Å². The van der Waals surface area contributed by atoms with Gasteiger partial charge in [-0.3, -0.25) is 0 Å². The van der Waals surface area contributed by atoms with E-state index in [1.807, 2.05) is 0 Å². The van der Waals surface area contributed by atoms with E-state index >= 15 is 0 Å². The third kappa shape index (κ3) is 4.95. The molecule has 0 aromatic heterocycles. The Morgan fingerprint density at radius 3 is 2.09 bits per heavy atom. The molecule has 0 amide bonds. The second kappa shape index (κ2) is 11.2. The van der Waals surface area contributed by atoms with E-state index in [-0.39, 0.29) is 0 Å². The summed E-state index contributed by atoms with van der Waals surface area (Å²) in [6.45, 7) is 4.76. The molecule has 0 aliphatic heterocycles. The molecule has 176 valence electrons. The Morgan fingerprint density at radius 1 is 0.781 bits per heavy atom. The molecule has 0 nitrogen and oxygen atoms in total.